The average molecular weight is 298 g/mol. The Morgan fingerprint density at radius 2 is 1.59 bits per heavy atom. The lowest BCUT2D eigenvalue weighted by Gasteiger charge is -2.22. The Hall–Kier alpha value is -1.90. The molecule has 22 heavy (non-hydrogen) atoms. The number of fused-ring (bicyclic) bond motifs is 1. The van der Waals surface area contributed by atoms with Crippen molar-refractivity contribution in [1.82, 2.24) is 0 Å². The number of allylic oxidation sites excluding steroid dienone is 2. The number of aliphatic hydroxyl groups is 1. The maximum absolute atomic E-state index is 12.5. The predicted octanol–water partition coefficient (Wildman–Crippen LogP) is 4.63. The molecule has 0 atom stereocenters. The maximum atomic E-state index is 12.5. The van der Waals surface area contributed by atoms with Crippen LogP contribution in [0, 0.1) is 5.92 Å². The highest BCUT2D eigenvalue weighted by atomic mass is 16.3. The summed E-state index contributed by atoms with van der Waals surface area (Å²) in [6, 6.07) is 6.74. The van der Waals surface area contributed by atoms with E-state index in [0.717, 1.165) is 18.8 Å². The first kappa shape index (κ1) is 15.0. The fraction of sp³-hybridized carbons (Fsp3) is 0.474. The van der Waals surface area contributed by atoms with E-state index in [4.69, 9.17) is 0 Å². The molecule has 3 nitrogen and oxygen atoms in total. The van der Waals surface area contributed by atoms with Crippen molar-refractivity contribution in [2.24, 2.45) is 5.92 Å². The summed E-state index contributed by atoms with van der Waals surface area (Å²) in [5.41, 5.74) is 1.05. The molecule has 116 valence electrons. The molecule has 1 aromatic rings. The molecule has 0 heterocycles. The third kappa shape index (κ3) is 2.85. The van der Waals surface area contributed by atoms with Crippen LogP contribution in [-0.4, -0.2) is 16.7 Å². The molecule has 0 saturated heterocycles. The zero-order chi connectivity index (χ0) is 15.5. The van der Waals surface area contributed by atoms with Crippen LogP contribution in [0.15, 0.2) is 35.6 Å². The van der Waals surface area contributed by atoms with Crippen LogP contribution in [0.4, 0.5) is 0 Å². The molecule has 2 aliphatic carbocycles. The molecule has 0 aromatic heterocycles. The van der Waals surface area contributed by atoms with Crippen molar-refractivity contribution < 1.29 is 14.7 Å². The molecule has 2 aliphatic rings. The summed E-state index contributed by atoms with van der Waals surface area (Å²) < 4.78 is 0. The molecule has 3 heteroatoms. The standard InChI is InChI=1S/C19H22O3/c20-17-14-10-4-5-11-15(14)18(21)19(22)16(17)12-6-9-13-7-2-1-3-8-13/h4-5,10-11,13,22H,1-3,6-9,12H2. The van der Waals surface area contributed by atoms with E-state index in [1.54, 1.807) is 24.3 Å². The van der Waals surface area contributed by atoms with E-state index >= 15 is 0 Å². The largest absolute Gasteiger partial charge is 0.504 e. The van der Waals surface area contributed by atoms with Crippen molar-refractivity contribution in [1.29, 1.82) is 0 Å². The minimum Gasteiger partial charge on any atom is -0.504 e. The van der Waals surface area contributed by atoms with Crippen molar-refractivity contribution in [3.8, 4) is 0 Å². The van der Waals surface area contributed by atoms with Crippen LogP contribution in [-0.2, 0) is 0 Å². The number of rotatable bonds is 4. The Kier molecular flexibility index (Phi) is 4.41. The Morgan fingerprint density at radius 1 is 0.955 bits per heavy atom. The van der Waals surface area contributed by atoms with Crippen LogP contribution in [0.3, 0.4) is 0 Å². The third-order valence-corrected chi connectivity index (χ3v) is 4.96. The molecule has 1 fully saturated rings. The second-order valence-electron chi connectivity index (χ2n) is 6.43. The number of Topliss-reactive ketones (excluding diaryl/α,β-unsaturated/α-hetero) is 2. The zero-order valence-corrected chi connectivity index (χ0v) is 12.8. The number of carbonyl (C=O) groups is 2. The maximum Gasteiger partial charge on any atom is 0.228 e. The monoisotopic (exact) mass is 298 g/mol. The Balaban J connectivity index is 1.69. The van der Waals surface area contributed by atoms with Gasteiger partial charge in [0.2, 0.25) is 5.78 Å². The molecule has 0 bridgehead atoms. The van der Waals surface area contributed by atoms with Crippen molar-refractivity contribution in [2.75, 3.05) is 0 Å². The molecule has 3 rings (SSSR count). The highest BCUT2D eigenvalue weighted by Crippen LogP contribution is 2.31. The second kappa shape index (κ2) is 6.47. The molecular weight excluding hydrogens is 276 g/mol. The minimum absolute atomic E-state index is 0.184. The number of carbonyl (C=O) groups excluding carboxylic acids is 2. The molecule has 0 aliphatic heterocycles. The van der Waals surface area contributed by atoms with Gasteiger partial charge in [0.15, 0.2) is 11.5 Å². The smallest absolute Gasteiger partial charge is 0.228 e. The SMILES string of the molecule is O=C1C(O)=C(CCCC2CCCCC2)C(=O)c2ccccc21. The molecule has 0 spiro atoms. The van der Waals surface area contributed by atoms with E-state index in [2.05, 4.69) is 0 Å². The van der Waals surface area contributed by atoms with Gasteiger partial charge < -0.3 is 5.11 Å². The number of benzene rings is 1. The molecule has 1 N–H and O–H groups in total. The van der Waals surface area contributed by atoms with Gasteiger partial charge in [-0.25, -0.2) is 0 Å². The van der Waals surface area contributed by atoms with E-state index in [1.807, 2.05) is 0 Å². The summed E-state index contributed by atoms with van der Waals surface area (Å²) in [6.07, 6.45) is 8.97. The Morgan fingerprint density at radius 3 is 2.27 bits per heavy atom. The van der Waals surface area contributed by atoms with Crippen molar-refractivity contribution in [3.63, 3.8) is 0 Å². The first-order chi connectivity index (χ1) is 10.7. The highest BCUT2D eigenvalue weighted by molar-refractivity contribution is 6.25. The van der Waals surface area contributed by atoms with Crippen LogP contribution < -0.4 is 0 Å². The van der Waals surface area contributed by atoms with Crippen LogP contribution in [0.2, 0.25) is 0 Å². The second-order valence-corrected chi connectivity index (χ2v) is 6.43. The van der Waals surface area contributed by atoms with E-state index in [-0.39, 0.29) is 11.5 Å². The predicted molar refractivity (Wildman–Crippen MR) is 85.2 cm³/mol. The van der Waals surface area contributed by atoms with Gasteiger partial charge in [-0.15, -0.1) is 0 Å². The van der Waals surface area contributed by atoms with Crippen LogP contribution in [0.25, 0.3) is 0 Å². The summed E-state index contributed by atoms with van der Waals surface area (Å²) >= 11 is 0. The first-order valence-electron chi connectivity index (χ1n) is 8.29. The van der Waals surface area contributed by atoms with Gasteiger partial charge in [-0.1, -0.05) is 62.8 Å². The molecule has 1 aromatic carbocycles. The third-order valence-electron chi connectivity index (χ3n) is 4.96. The molecule has 1 saturated carbocycles. The van der Waals surface area contributed by atoms with Gasteiger partial charge >= 0.3 is 0 Å². The molecular formula is C19H22O3. The summed E-state index contributed by atoms with van der Waals surface area (Å²) in [5.74, 6) is -0.190. The number of aliphatic hydroxyl groups excluding tert-OH is 1. The van der Waals surface area contributed by atoms with E-state index in [9.17, 15) is 14.7 Å². The quantitative estimate of drug-likeness (QED) is 0.881. The number of ketones is 2. The fourth-order valence-corrected chi connectivity index (χ4v) is 3.69. The zero-order valence-electron chi connectivity index (χ0n) is 12.8. The summed E-state index contributed by atoms with van der Waals surface area (Å²) in [6.45, 7) is 0. The molecule has 0 radical (unpaired) electrons. The Labute approximate surface area is 131 Å². The minimum atomic E-state index is -0.414. The number of hydrogen-bond acceptors (Lipinski definition) is 3. The van der Waals surface area contributed by atoms with E-state index in [1.165, 1.54) is 32.1 Å². The summed E-state index contributed by atoms with van der Waals surface area (Å²) in [4.78, 5) is 24.7. The summed E-state index contributed by atoms with van der Waals surface area (Å²) in [5, 5.41) is 10.1. The first-order valence-corrected chi connectivity index (χ1v) is 8.29. The normalized spacial score (nSPS) is 19.5. The fourth-order valence-electron chi connectivity index (χ4n) is 3.69. The lowest BCUT2D eigenvalue weighted by atomic mass is 9.83. The molecule has 0 amide bonds. The van der Waals surface area contributed by atoms with Crippen molar-refractivity contribution in [3.05, 3.63) is 46.7 Å². The van der Waals surface area contributed by atoms with Crippen LogP contribution in [0.5, 0.6) is 0 Å². The van der Waals surface area contributed by atoms with E-state index < -0.39 is 5.78 Å². The van der Waals surface area contributed by atoms with Crippen molar-refractivity contribution >= 4 is 11.6 Å². The van der Waals surface area contributed by atoms with Gasteiger partial charge in [-0.05, 0) is 18.8 Å². The van der Waals surface area contributed by atoms with Crippen LogP contribution in [0.1, 0.15) is 72.1 Å². The van der Waals surface area contributed by atoms with Crippen molar-refractivity contribution in [2.45, 2.75) is 51.4 Å². The average Bonchev–Trinajstić information content (AvgIpc) is 2.57. The lowest BCUT2D eigenvalue weighted by Crippen LogP contribution is -2.22. The van der Waals surface area contributed by atoms with Crippen LogP contribution >= 0.6 is 0 Å². The topological polar surface area (TPSA) is 54.4 Å². The van der Waals surface area contributed by atoms with Gasteiger partial charge in [-0.2, -0.15) is 0 Å². The highest BCUT2D eigenvalue weighted by Gasteiger charge is 2.31. The number of hydrogen-bond donors (Lipinski definition) is 1. The van der Waals surface area contributed by atoms with Gasteiger partial charge in [0.1, 0.15) is 0 Å². The van der Waals surface area contributed by atoms with E-state index in [0.29, 0.717) is 23.1 Å². The Bertz CT molecular complexity index is 621. The lowest BCUT2D eigenvalue weighted by molar-refractivity contribution is 0.0925. The van der Waals surface area contributed by atoms with Gasteiger partial charge in [0, 0.05) is 16.7 Å². The van der Waals surface area contributed by atoms with Gasteiger partial charge in [-0.3, -0.25) is 9.59 Å². The van der Waals surface area contributed by atoms with Gasteiger partial charge in [0.05, 0.1) is 0 Å². The molecule has 0 unspecified atom stereocenters. The van der Waals surface area contributed by atoms with Gasteiger partial charge in [0.25, 0.3) is 0 Å². The summed E-state index contributed by atoms with van der Waals surface area (Å²) in [7, 11) is 0.